The number of fused-ring (bicyclic) bond motifs is 11. The highest BCUT2D eigenvalue weighted by Gasteiger charge is 2.60. The second kappa shape index (κ2) is 25.8. The van der Waals surface area contributed by atoms with E-state index in [1.54, 1.807) is 30.0 Å². The van der Waals surface area contributed by atoms with E-state index in [2.05, 4.69) is 89.7 Å². The van der Waals surface area contributed by atoms with Gasteiger partial charge in [-0.2, -0.15) is 11.8 Å². The van der Waals surface area contributed by atoms with Crippen LogP contribution in [-0.2, 0) is 24.7 Å². The smallest absolute Gasteiger partial charge is 0.407 e. The van der Waals surface area contributed by atoms with Gasteiger partial charge in [-0.05, 0) is 180 Å². The molecule has 0 radical (unpaired) electrons. The van der Waals surface area contributed by atoms with Crippen molar-refractivity contribution >= 4 is 58.7 Å². The molecule has 16 heteroatoms. The van der Waals surface area contributed by atoms with Gasteiger partial charge in [0.25, 0.3) is 0 Å². The summed E-state index contributed by atoms with van der Waals surface area (Å²) in [6.45, 7) is 24.6. The van der Waals surface area contributed by atoms with E-state index in [0.717, 1.165) is 67.6 Å². The molecule has 3 aromatic rings. The lowest BCUT2D eigenvalue weighted by molar-refractivity contribution is -0.137. The zero-order valence-electron chi connectivity index (χ0n) is 51.7. The highest BCUT2D eigenvalue weighted by Crippen LogP contribution is 2.67. The van der Waals surface area contributed by atoms with Crippen molar-refractivity contribution in [1.82, 2.24) is 20.9 Å². The second-order valence-corrected chi connectivity index (χ2v) is 29.7. The van der Waals surface area contributed by atoms with E-state index in [1.807, 2.05) is 24.0 Å². The minimum Gasteiger partial charge on any atom is -0.508 e. The molecule has 0 bridgehead atoms. The Bertz CT molecular complexity index is 2910. The molecule has 0 aromatic heterocycles. The zero-order chi connectivity index (χ0) is 60.4. The standard InChI is InChI=1S/C68H95N5O9S2/c1-11-60(77)73(41-65(7,8)84-36-35-70-62(83)72-45-19-23-54-50(38-45)61(78)82-68(54)55-24-20-46(74)39-57(55)81-58-40-47(75)21-25-56(58)68)64(5,6)30-13-12-17-59(76)69-33-34-71-63(79)80-48-28-31-66(9)44(37-48)18-22-49-52-27-26-51(43(4)16-14-15-42(2)3)67(52,10)32-29-53(49)66/h18-21,23-25,38-40,42-43,48-49,51-53,74-75H,11-17,22,26-37,41H2,1-10H3,(H,69,76)(H,71,79)(H2,70,72,83)/t43-,48?,49+,51-,52+,53+,66+,67-/m1/s1. The summed E-state index contributed by atoms with van der Waals surface area (Å²) in [6.07, 6.45) is 18.5. The number of esters is 1. The van der Waals surface area contributed by atoms with Crippen LogP contribution in [-0.4, -0.2) is 92.4 Å². The number of allylic oxidation sites excluding steroid dienone is 1. The summed E-state index contributed by atoms with van der Waals surface area (Å²) in [6, 6.07) is 14.7. The maximum Gasteiger partial charge on any atom is 0.407 e. The first-order valence-electron chi connectivity index (χ1n) is 31.5. The van der Waals surface area contributed by atoms with Crippen LogP contribution < -0.4 is 26.0 Å². The number of benzene rings is 3. The molecule has 2 aliphatic heterocycles. The van der Waals surface area contributed by atoms with Crippen molar-refractivity contribution in [2.45, 2.75) is 194 Å². The number of phenols is 2. The molecule has 14 nitrogen and oxygen atoms in total. The normalized spacial score (nSPS) is 24.8. The van der Waals surface area contributed by atoms with Crippen LogP contribution in [0.2, 0.25) is 0 Å². The van der Waals surface area contributed by atoms with Crippen LogP contribution in [0.25, 0.3) is 0 Å². The molecule has 4 aliphatic carbocycles. The summed E-state index contributed by atoms with van der Waals surface area (Å²) in [5.74, 6) is 5.56. The van der Waals surface area contributed by atoms with E-state index in [9.17, 15) is 29.4 Å². The number of rotatable bonds is 23. The third-order valence-electron chi connectivity index (χ3n) is 20.5. The Labute approximate surface area is 509 Å². The molecule has 1 unspecified atom stereocenters. The number of ether oxygens (including phenoxy) is 3. The first-order valence-corrected chi connectivity index (χ1v) is 32.9. The summed E-state index contributed by atoms with van der Waals surface area (Å²) in [5, 5.41) is 33.3. The number of unbranched alkanes of at least 4 members (excludes halogenated alkanes) is 1. The molecular formula is C68H95N5O9S2. The molecule has 3 aromatic carbocycles. The fourth-order valence-corrected chi connectivity index (χ4v) is 17.3. The lowest BCUT2D eigenvalue weighted by Gasteiger charge is -2.58. The predicted molar refractivity (Wildman–Crippen MR) is 338 cm³/mol. The number of carbonyl (C=O) groups excluding carboxylic acids is 4. The Hall–Kier alpha value is -5.48. The molecule has 0 saturated heterocycles. The number of nitrogens with one attached hydrogen (secondary N) is 4. The Kier molecular flexibility index (Phi) is 19.4. The Morgan fingerprint density at radius 3 is 2.24 bits per heavy atom. The topological polar surface area (TPSA) is 188 Å². The molecule has 8 atom stereocenters. The van der Waals surface area contributed by atoms with Crippen molar-refractivity contribution in [3.8, 4) is 23.0 Å². The third-order valence-corrected chi connectivity index (χ3v) is 22.0. The molecular weight excluding hydrogens is 1090 g/mol. The number of anilines is 1. The van der Waals surface area contributed by atoms with Crippen LogP contribution in [0.5, 0.6) is 23.0 Å². The van der Waals surface area contributed by atoms with Gasteiger partial charge >= 0.3 is 12.1 Å². The highest BCUT2D eigenvalue weighted by atomic mass is 32.2. The lowest BCUT2D eigenvalue weighted by atomic mass is 9.47. The maximum absolute atomic E-state index is 13.6. The number of hydrogen-bond donors (Lipinski definition) is 6. The summed E-state index contributed by atoms with van der Waals surface area (Å²) >= 11 is 7.43. The first-order chi connectivity index (χ1) is 39.9. The van der Waals surface area contributed by atoms with E-state index < -0.39 is 23.2 Å². The third kappa shape index (κ3) is 13.4. The van der Waals surface area contributed by atoms with Crippen molar-refractivity contribution in [3.63, 3.8) is 0 Å². The van der Waals surface area contributed by atoms with Gasteiger partial charge in [-0.15, -0.1) is 0 Å². The second-order valence-electron chi connectivity index (χ2n) is 27.5. The van der Waals surface area contributed by atoms with E-state index in [0.29, 0.717) is 101 Å². The van der Waals surface area contributed by atoms with E-state index in [-0.39, 0.29) is 39.6 Å². The number of thioether (sulfide) groups is 1. The number of nitrogens with zero attached hydrogens (tertiary/aromatic N) is 1. The minimum absolute atomic E-state index is 0.0155. The fourth-order valence-electron chi connectivity index (χ4n) is 16.1. The summed E-state index contributed by atoms with van der Waals surface area (Å²) in [5.41, 5.74) is 3.01. The van der Waals surface area contributed by atoms with Crippen LogP contribution in [0.4, 0.5) is 10.5 Å². The molecule has 458 valence electrons. The number of carbonyl (C=O) groups is 4. The summed E-state index contributed by atoms with van der Waals surface area (Å²) in [4.78, 5) is 55.1. The van der Waals surface area contributed by atoms with Gasteiger partial charge in [0.2, 0.25) is 11.8 Å². The molecule has 6 N–H and O–H groups in total. The molecule has 6 aliphatic rings. The van der Waals surface area contributed by atoms with Crippen LogP contribution >= 0.6 is 24.0 Å². The van der Waals surface area contributed by atoms with Crippen LogP contribution in [0.15, 0.2) is 66.2 Å². The van der Waals surface area contributed by atoms with Crippen molar-refractivity contribution in [1.29, 1.82) is 0 Å². The molecule has 84 heavy (non-hydrogen) atoms. The highest BCUT2D eigenvalue weighted by molar-refractivity contribution is 8.00. The molecule has 3 fully saturated rings. The van der Waals surface area contributed by atoms with Crippen LogP contribution in [0.1, 0.15) is 199 Å². The van der Waals surface area contributed by atoms with Gasteiger partial charge in [-0.25, -0.2) is 9.59 Å². The van der Waals surface area contributed by atoms with Gasteiger partial charge in [-0.3, -0.25) is 9.59 Å². The number of alkyl carbamates (subject to hydrolysis) is 1. The van der Waals surface area contributed by atoms with Crippen molar-refractivity contribution in [2.75, 3.05) is 37.2 Å². The van der Waals surface area contributed by atoms with Crippen molar-refractivity contribution in [2.24, 2.45) is 46.3 Å². The van der Waals surface area contributed by atoms with Gasteiger partial charge in [-0.1, -0.05) is 84.9 Å². The first kappa shape index (κ1) is 63.0. The average molecular weight is 1190 g/mol. The van der Waals surface area contributed by atoms with E-state index in [1.165, 1.54) is 81.2 Å². The quantitative estimate of drug-likeness (QED) is 0.0228. The molecule has 3 amide bonds. The predicted octanol–water partition coefficient (Wildman–Crippen LogP) is 14.3. The van der Waals surface area contributed by atoms with Crippen molar-refractivity contribution in [3.05, 3.63) is 88.5 Å². The van der Waals surface area contributed by atoms with Gasteiger partial charge in [0, 0.05) is 96.0 Å². The Morgan fingerprint density at radius 1 is 0.833 bits per heavy atom. The van der Waals surface area contributed by atoms with Crippen LogP contribution in [0, 0.1) is 46.3 Å². The number of phenolic OH excluding ortho intramolecular Hbond substituents is 2. The average Bonchev–Trinajstić information content (AvgIpc) is 3.48. The van der Waals surface area contributed by atoms with Crippen molar-refractivity contribution < 1.29 is 43.6 Å². The molecule has 2 heterocycles. The molecule has 3 saturated carbocycles. The number of amides is 3. The van der Waals surface area contributed by atoms with E-state index >= 15 is 0 Å². The van der Waals surface area contributed by atoms with Gasteiger partial charge < -0.3 is 50.6 Å². The van der Waals surface area contributed by atoms with E-state index in [4.69, 9.17) is 26.4 Å². The van der Waals surface area contributed by atoms with Gasteiger partial charge in [0.1, 0.15) is 29.1 Å². The Morgan fingerprint density at radius 2 is 1.54 bits per heavy atom. The molecule has 1 spiro atoms. The van der Waals surface area contributed by atoms with Gasteiger partial charge in [0.15, 0.2) is 10.7 Å². The Balaban J connectivity index is 0.662. The zero-order valence-corrected chi connectivity index (χ0v) is 53.3. The van der Waals surface area contributed by atoms with Crippen LogP contribution in [0.3, 0.4) is 0 Å². The number of thiocarbonyl (C=S) groups is 1. The largest absolute Gasteiger partial charge is 0.508 e. The molecule has 9 rings (SSSR count). The number of aromatic hydroxyl groups is 2. The fraction of sp³-hybridized carbons (Fsp3) is 0.632. The van der Waals surface area contributed by atoms with Gasteiger partial charge in [0.05, 0.1) is 5.56 Å². The summed E-state index contributed by atoms with van der Waals surface area (Å²) in [7, 11) is 0. The maximum atomic E-state index is 13.6. The number of hydrogen-bond acceptors (Lipinski definition) is 11. The monoisotopic (exact) mass is 1190 g/mol. The summed E-state index contributed by atoms with van der Waals surface area (Å²) < 4.78 is 18.0. The SMILES string of the molecule is CCC(=O)N(CC(C)(C)SCCNC(=S)Nc1ccc2c(c1)C(=O)OC21c2ccc(O)cc2Oc2cc(O)ccc21)C(C)(C)CCCCC(=O)NCCNC(=O)OC1CC[C@@]2(C)C(=CC[C@H]3[C@@H]4CC[C@H]([C@H](C)CCCC(C)C)[C@@]4(C)CC[C@@H]32)C1. The lowest BCUT2D eigenvalue weighted by Crippen LogP contribution is -2.52. The minimum atomic E-state index is -1.36.